The van der Waals surface area contributed by atoms with E-state index in [0.717, 1.165) is 12.1 Å². The van der Waals surface area contributed by atoms with Crippen LogP contribution in [-0.4, -0.2) is 9.78 Å². The summed E-state index contributed by atoms with van der Waals surface area (Å²) >= 11 is 0. The highest BCUT2D eigenvalue weighted by molar-refractivity contribution is 5.95. The number of rotatable bonds is 3. The van der Waals surface area contributed by atoms with Gasteiger partial charge in [0, 0.05) is 10.9 Å². The number of aromatic nitrogens is 2. The van der Waals surface area contributed by atoms with Crippen LogP contribution in [0.25, 0.3) is 22.2 Å². The van der Waals surface area contributed by atoms with E-state index in [-0.39, 0.29) is 23.0 Å². The molecule has 0 aliphatic carbocycles. The normalized spacial score (nSPS) is 12.5. The van der Waals surface area contributed by atoms with Crippen molar-refractivity contribution in [2.24, 2.45) is 0 Å². The Morgan fingerprint density at radius 2 is 1.27 bits per heavy atom. The van der Waals surface area contributed by atoms with E-state index in [1.165, 1.54) is 35.0 Å². The number of benzene rings is 3. The van der Waals surface area contributed by atoms with Crippen LogP contribution in [0.1, 0.15) is 16.7 Å². The van der Waals surface area contributed by atoms with Crippen LogP contribution in [0.5, 0.6) is 0 Å². The Kier molecular flexibility index (Phi) is 4.80. The Morgan fingerprint density at radius 3 is 1.93 bits per heavy atom. The molecule has 0 aliphatic heterocycles. The van der Waals surface area contributed by atoms with Crippen LogP contribution in [-0.2, 0) is 18.9 Å². The van der Waals surface area contributed by atoms with Gasteiger partial charge in [-0.25, -0.2) is 0 Å². The van der Waals surface area contributed by atoms with Crippen molar-refractivity contribution in [1.82, 2.24) is 9.78 Å². The molecule has 0 fully saturated rings. The minimum absolute atomic E-state index is 0.0801. The number of hydrogen-bond acceptors (Lipinski definition) is 1. The van der Waals surface area contributed by atoms with E-state index in [2.05, 4.69) is 5.10 Å². The topological polar surface area (TPSA) is 17.8 Å². The summed E-state index contributed by atoms with van der Waals surface area (Å²) in [6, 6.07) is 17.2. The third kappa shape index (κ3) is 3.65. The van der Waals surface area contributed by atoms with Crippen LogP contribution in [0.2, 0.25) is 0 Å². The molecule has 0 atom stereocenters. The molecule has 0 saturated carbocycles. The summed E-state index contributed by atoms with van der Waals surface area (Å²) in [5.74, 6) is 0. The molecule has 4 aromatic rings. The Bertz CT molecular complexity index is 1190. The predicted molar refractivity (Wildman–Crippen MR) is 101 cm³/mol. The zero-order valence-electron chi connectivity index (χ0n) is 15.3. The van der Waals surface area contributed by atoms with Crippen molar-refractivity contribution in [2.75, 3.05) is 0 Å². The van der Waals surface area contributed by atoms with Gasteiger partial charge in [0.25, 0.3) is 0 Å². The summed E-state index contributed by atoms with van der Waals surface area (Å²) in [4.78, 5) is 0. The molecule has 4 rings (SSSR count). The molecule has 2 nitrogen and oxygen atoms in total. The molecule has 0 amide bonds. The zero-order valence-corrected chi connectivity index (χ0v) is 15.3. The average molecular weight is 420 g/mol. The molecule has 0 aliphatic rings. The van der Waals surface area contributed by atoms with Gasteiger partial charge < -0.3 is 0 Å². The largest absolute Gasteiger partial charge is 0.418 e. The molecule has 1 aromatic heterocycles. The first-order valence-electron chi connectivity index (χ1n) is 8.93. The van der Waals surface area contributed by atoms with Crippen LogP contribution in [0, 0.1) is 0 Å². The lowest BCUT2D eigenvalue weighted by Gasteiger charge is -2.14. The molecule has 3 aromatic carbocycles. The Morgan fingerprint density at radius 1 is 0.667 bits per heavy atom. The lowest BCUT2D eigenvalue weighted by Crippen LogP contribution is -2.13. The van der Waals surface area contributed by atoms with E-state index in [1.807, 2.05) is 0 Å². The molecule has 154 valence electrons. The molecular formula is C22H14F6N2. The van der Waals surface area contributed by atoms with Crippen molar-refractivity contribution in [3.8, 4) is 11.3 Å². The molecule has 0 radical (unpaired) electrons. The van der Waals surface area contributed by atoms with Crippen LogP contribution < -0.4 is 0 Å². The van der Waals surface area contributed by atoms with Crippen LogP contribution in [0.4, 0.5) is 26.3 Å². The van der Waals surface area contributed by atoms with Crippen molar-refractivity contribution in [1.29, 1.82) is 0 Å². The SMILES string of the molecule is FC(F)(F)c1ccccc1Cn1nc2c(C(F)(F)F)cccc2c1-c1ccccc1. The van der Waals surface area contributed by atoms with Crippen molar-refractivity contribution in [2.45, 2.75) is 18.9 Å². The molecule has 0 spiro atoms. The first-order valence-corrected chi connectivity index (χ1v) is 8.93. The van der Waals surface area contributed by atoms with Gasteiger partial charge in [-0.15, -0.1) is 0 Å². The van der Waals surface area contributed by atoms with Gasteiger partial charge in [-0.2, -0.15) is 31.4 Å². The molecule has 0 bridgehead atoms. The number of halogens is 6. The lowest BCUT2D eigenvalue weighted by atomic mass is 10.0. The van der Waals surface area contributed by atoms with Gasteiger partial charge >= 0.3 is 12.4 Å². The molecule has 0 N–H and O–H groups in total. The van der Waals surface area contributed by atoms with Crippen molar-refractivity contribution < 1.29 is 26.3 Å². The second-order valence-corrected chi connectivity index (χ2v) is 6.73. The van der Waals surface area contributed by atoms with Crippen LogP contribution in [0.3, 0.4) is 0 Å². The predicted octanol–water partition coefficient (Wildman–Crippen LogP) is 6.79. The van der Waals surface area contributed by atoms with Crippen molar-refractivity contribution >= 4 is 10.9 Å². The number of nitrogens with zero attached hydrogens (tertiary/aromatic N) is 2. The highest BCUT2D eigenvalue weighted by Crippen LogP contribution is 2.39. The van der Waals surface area contributed by atoms with E-state index in [1.54, 1.807) is 30.3 Å². The fourth-order valence-electron chi connectivity index (χ4n) is 3.49. The molecule has 0 saturated heterocycles. The minimum atomic E-state index is -4.64. The van der Waals surface area contributed by atoms with E-state index >= 15 is 0 Å². The van der Waals surface area contributed by atoms with Gasteiger partial charge in [-0.05, 0) is 17.7 Å². The highest BCUT2D eigenvalue weighted by atomic mass is 19.4. The standard InChI is InChI=1S/C22H14F6N2/c23-21(24,25)17-11-5-4-9-15(17)13-30-20(14-7-2-1-3-8-14)16-10-6-12-18(19(16)29-30)22(26,27)28/h1-12H,13H2. The van der Waals surface area contributed by atoms with Crippen molar-refractivity contribution in [3.05, 3.63) is 89.5 Å². The maximum atomic E-state index is 13.5. The average Bonchev–Trinajstić information content (AvgIpc) is 3.05. The first kappa shape index (κ1) is 20.0. The first-order chi connectivity index (χ1) is 14.2. The molecule has 30 heavy (non-hydrogen) atoms. The van der Waals surface area contributed by atoms with Crippen molar-refractivity contribution in [3.63, 3.8) is 0 Å². The third-order valence-electron chi connectivity index (χ3n) is 4.77. The fourth-order valence-corrected chi connectivity index (χ4v) is 3.49. The van der Waals surface area contributed by atoms with E-state index in [4.69, 9.17) is 0 Å². The lowest BCUT2D eigenvalue weighted by molar-refractivity contribution is -0.138. The maximum absolute atomic E-state index is 13.5. The van der Waals surface area contributed by atoms with Gasteiger partial charge in [0.2, 0.25) is 0 Å². The fraction of sp³-hybridized carbons (Fsp3) is 0.136. The second kappa shape index (κ2) is 7.19. The van der Waals surface area contributed by atoms with E-state index in [9.17, 15) is 26.3 Å². The highest BCUT2D eigenvalue weighted by Gasteiger charge is 2.35. The van der Waals surface area contributed by atoms with Gasteiger partial charge in [-0.1, -0.05) is 60.7 Å². The summed E-state index contributed by atoms with van der Waals surface area (Å²) in [6.07, 6.45) is -9.23. The molecule has 0 unspecified atom stereocenters. The molecule has 1 heterocycles. The summed E-state index contributed by atoms with van der Waals surface area (Å²) in [6.45, 7) is -0.327. The monoisotopic (exact) mass is 420 g/mol. The Hall–Kier alpha value is -3.29. The van der Waals surface area contributed by atoms with E-state index in [0.29, 0.717) is 11.3 Å². The maximum Gasteiger partial charge on any atom is 0.418 e. The van der Waals surface area contributed by atoms with Gasteiger partial charge in [0.05, 0.1) is 23.4 Å². The molecule has 8 heteroatoms. The summed E-state index contributed by atoms with van der Waals surface area (Å²) in [5, 5.41) is 4.33. The number of fused-ring (bicyclic) bond motifs is 1. The summed E-state index contributed by atoms with van der Waals surface area (Å²) in [5.41, 5.74) is -1.27. The smallest absolute Gasteiger partial charge is 0.259 e. The van der Waals surface area contributed by atoms with E-state index < -0.39 is 23.5 Å². The zero-order chi connectivity index (χ0) is 21.5. The van der Waals surface area contributed by atoms with Gasteiger partial charge in [0.15, 0.2) is 0 Å². The Balaban J connectivity index is 1.97. The molecular weight excluding hydrogens is 406 g/mol. The van der Waals surface area contributed by atoms with Gasteiger partial charge in [0.1, 0.15) is 5.52 Å². The van der Waals surface area contributed by atoms with Crippen LogP contribution in [0.15, 0.2) is 72.8 Å². The summed E-state index contributed by atoms with van der Waals surface area (Å²) < 4.78 is 82.0. The Labute approximate surface area is 167 Å². The second-order valence-electron chi connectivity index (χ2n) is 6.73. The quantitative estimate of drug-likeness (QED) is 0.334. The van der Waals surface area contributed by atoms with Crippen LogP contribution >= 0.6 is 0 Å². The number of hydrogen-bond donors (Lipinski definition) is 0. The summed E-state index contributed by atoms with van der Waals surface area (Å²) in [7, 11) is 0. The number of alkyl halides is 6. The third-order valence-corrected chi connectivity index (χ3v) is 4.77. The van der Waals surface area contributed by atoms with Gasteiger partial charge in [-0.3, -0.25) is 4.68 Å². The minimum Gasteiger partial charge on any atom is -0.259 e.